The highest BCUT2D eigenvalue weighted by Crippen LogP contribution is 2.32. The molecule has 0 aliphatic heterocycles. The number of rotatable bonds is 3. The molecule has 2 aromatic carbocycles. The molecule has 0 spiro atoms. The summed E-state index contributed by atoms with van der Waals surface area (Å²) in [4.78, 5) is 23.1. The average Bonchev–Trinajstić information content (AvgIpc) is 3.21. The van der Waals surface area contributed by atoms with Gasteiger partial charge in [-0.1, -0.05) is 36.4 Å². The van der Waals surface area contributed by atoms with Crippen molar-refractivity contribution < 1.29 is 14.1 Å². The molecule has 0 saturated carbocycles. The largest absolute Gasteiger partial charge is 0.456 e. The number of nitro groups is 1. The summed E-state index contributed by atoms with van der Waals surface area (Å²) < 4.78 is 5.74. The third-order valence-electron chi connectivity index (χ3n) is 4.24. The number of Topliss-reactive ketones (excluding diaryl/α,β-unsaturated/α-hetero) is 1. The van der Waals surface area contributed by atoms with Gasteiger partial charge in [0.1, 0.15) is 11.5 Å². The summed E-state index contributed by atoms with van der Waals surface area (Å²) in [6.07, 6.45) is 2.27. The fourth-order valence-electron chi connectivity index (χ4n) is 3.06. The number of hydrogen-bond acceptors (Lipinski definition) is 4. The lowest BCUT2D eigenvalue weighted by atomic mass is 10.1. The van der Waals surface area contributed by atoms with E-state index >= 15 is 0 Å². The van der Waals surface area contributed by atoms with Gasteiger partial charge in [-0.3, -0.25) is 14.9 Å². The molecule has 0 amide bonds. The first-order valence-corrected chi connectivity index (χ1v) is 7.80. The Labute approximate surface area is 143 Å². The van der Waals surface area contributed by atoms with Crippen molar-refractivity contribution in [3.8, 4) is 11.3 Å². The standard InChI is InChI=1S/C20H13NO4/c22-20-14(11-13-5-1-2-6-16(13)20)12-15-9-10-19(25-15)17-7-3-4-8-18(17)21(23)24/h1-10,12H,11H2. The second-order valence-corrected chi connectivity index (χ2v) is 5.81. The van der Waals surface area contributed by atoms with E-state index in [-0.39, 0.29) is 11.5 Å². The lowest BCUT2D eigenvalue weighted by molar-refractivity contribution is -0.384. The van der Waals surface area contributed by atoms with Gasteiger partial charge in [0.2, 0.25) is 0 Å². The molecule has 4 rings (SSSR count). The van der Waals surface area contributed by atoms with Crippen molar-refractivity contribution in [1.29, 1.82) is 0 Å². The number of nitrogens with zero attached hydrogens (tertiary/aromatic N) is 1. The second kappa shape index (κ2) is 5.87. The van der Waals surface area contributed by atoms with Crippen LogP contribution in [0, 0.1) is 10.1 Å². The van der Waals surface area contributed by atoms with Gasteiger partial charge in [0.25, 0.3) is 5.69 Å². The molecule has 0 unspecified atom stereocenters. The maximum absolute atomic E-state index is 12.4. The number of para-hydroxylation sites is 1. The van der Waals surface area contributed by atoms with Crippen LogP contribution in [0.2, 0.25) is 0 Å². The second-order valence-electron chi connectivity index (χ2n) is 5.81. The minimum atomic E-state index is -0.437. The number of hydrogen-bond donors (Lipinski definition) is 0. The predicted molar refractivity (Wildman–Crippen MR) is 93.3 cm³/mol. The first-order chi connectivity index (χ1) is 12.1. The summed E-state index contributed by atoms with van der Waals surface area (Å²) in [6, 6.07) is 17.3. The summed E-state index contributed by atoms with van der Waals surface area (Å²) in [5, 5.41) is 11.2. The molecule has 0 fully saturated rings. The molecule has 122 valence electrons. The first-order valence-electron chi connectivity index (χ1n) is 7.80. The van der Waals surface area contributed by atoms with Crippen molar-refractivity contribution >= 4 is 17.5 Å². The van der Waals surface area contributed by atoms with E-state index in [1.165, 1.54) is 6.07 Å². The maximum atomic E-state index is 12.4. The average molecular weight is 331 g/mol. The molecule has 1 heterocycles. The fourth-order valence-corrected chi connectivity index (χ4v) is 3.06. The normalized spacial score (nSPS) is 14.7. The fraction of sp³-hybridized carbons (Fsp3) is 0.0500. The van der Waals surface area contributed by atoms with Crippen LogP contribution in [0.25, 0.3) is 17.4 Å². The van der Waals surface area contributed by atoms with E-state index in [4.69, 9.17) is 4.42 Å². The molecular weight excluding hydrogens is 318 g/mol. The van der Waals surface area contributed by atoms with E-state index in [1.54, 1.807) is 36.4 Å². The lowest BCUT2D eigenvalue weighted by Crippen LogP contribution is -1.94. The summed E-state index contributed by atoms with van der Waals surface area (Å²) in [5.41, 5.74) is 2.78. The minimum Gasteiger partial charge on any atom is -0.456 e. The van der Waals surface area contributed by atoms with Gasteiger partial charge in [-0.2, -0.15) is 0 Å². The number of allylic oxidation sites excluding steroid dienone is 1. The topological polar surface area (TPSA) is 73.3 Å². The molecule has 1 aliphatic carbocycles. The van der Waals surface area contributed by atoms with E-state index in [0.717, 1.165) is 11.1 Å². The Balaban J connectivity index is 1.68. The van der Waals surface area contributed by atoms with E-state index in [0.29, 0.717) is 29.1 Å². The first kappa shape index (κ1) is 15.1. The van der Waals surface area contributed by atoms with E-state index < -0.39 is 4.92 Å². The zero-order valence-corrected chi connectivity index (χ0v) is 13.1. The van der Waals surface area contributed by atoms with Crippen LogP contribution in [0.4, 0.5) is 5.69 Å². The molecule has 25 heavy (non-hydrogen) atoms. The summed E-state index contributed by atoms with van der Waals surface area (Å²) in [5.74, 6) is 0.908. The van der Waals surface area contributed by atoms with Crippen molar-refractivity contribution in [3.05, 3.63) is 93.2 Å². The molecule has 0 bridgehead atoms. The van der Waals surface area contributed by atoms with Gasteiger partial charge in [-0.15, -0.1) is 0 Å². The number of benzene rings is 2. The quantitative estimate of drug-likeness (QED) is 0.397. The van der Waals surface area contributed by atoms with Crippen LogP contribution in [0.15, 0.2) is 70.7 Å². The highest BCUT2D eigenvalue weighted by molar-refractivity contribution is 6.15. The summed E-state index contributed by atoms with van der Waals surface area (Å²) >= 11 is 0. The Hall–Kier alpha value is -3.47. The number of carbonyl (C=O) groups excluding carboxylic acids is 1. The van der Waals surface area contributed by atoms with Crippen molar-refractivity contribution in [2.45, 2.75) is 6.42 Å². The predicted octanol–water partition coefficient (Wildman–Crippen LogP) is 4.68. The van der Waals surface area contributed by atoms with Crippen molar-refractivity contribution in [2.75, 3.05) is 0 Å². The smallest absolute Gasteiger partial charge is 0.280 e. The Morgan fingerprint density at radius 1 is 0.960 bits per heavy atom. The lowest BCUT2D eigenvalue weighted by Gasteiger charge is -1.99. The molecule has 5 heteroatoms. The Morgan fingerprint density at radius 3 is 2.44 bits per heavy atom. The van der Waals surface area contributed by atoms with Gasteiger partial charge < -0.3 is 4.42 Å². The van der Waals surface area contributed by atoms with Gasteiger partial charge >= 0.3 is 0 Å². The SMILES string of the molecule is O=C1C(=Cc2ccc(-c3ccccc3[N+](=O)[O-])o2)Cc2ccccc21. The minimum absolute atomic E-state index is 0.000702. The Kier molecular flexibility index (Phi) is 3.54. The summed E-state index contributed by atoms with van der Waals surface area (Å²) in [6.45, 7) is 0. The van der Waals surface area contributed by atoms with Crippen molar-refractivity contribution in [3.63, 3.8) is 0 Å². The highest BCUT2D eigenvalue weighted by atomic mass is 16.6. The Morgan fingerprint density at radius 2 is 1.68 bits per heavy atom. The molecule has 1 aliphatic rings. The number of nitro benzene ring substituents is 1. The van der Waals surface area contributed by atoms with Gasteiger partial charge in [0.05, 0.1) is 10.5 Å². The zero-order valence-electron chi connectivity index (χ0n) is 13.1. The van der Waals surface area contributed by atoms with Gasteiger partial charge in [-0.05, 0) is 29.8 Å². The number of fused-ring (bicyclic) bond motifs is 1. The molecule has 0 atom stereocenters. The molecule has 3 aromatic rings. The van der Waals surface area contributed by atoms with Crippen LogP contribution in [0.1, 0.15) is 21.7 Å². The Bertz CT molecular complexity index is 1030. The molecule has 5 nitrogen and oxygen atoms in total. The van der Waals surface area contributed by atoms with Gasteiger partial charge in [0, 0.05) is 23.6 Å². The van der Waals surface area contributed by atoms with Crippen molar-refractivity contribution in [2.24, 2.45) is 0 Å². The molecule has 0 saturated heterocycles. The van der Waals surface area contributed by atoms with Crippen LogP contribution >= 0.6 is 0 Å². The third kappa shape index (κ3) is 2.65. The molecule has 0 radical (unpaired) electrons. The van der Waals surface area contributed by atoms with Crippen LogP contribution < -0.4 is 0 Å². The van der Waals surface area contributed by atoms with Gasteiger partial charge in [0.15, 0.2) is 5.78 Å². The summed E-state index contributed by atoms with van der Waals surface area (Å²) in [7, 11) is 0. The number of ketones is 1. The van der Waals surface area contributed by atoms with Crippen LogP contribution in [0.5, 0.6) is 0 Å². The third-order valence-corrected chi connectivity index (χ3v) is 4.24. The number of furan rings is 1. The van der Waals surface area contributed by atoms with Gasteiger partial charge in [-0.25, -0.2) is 0 Å². The van der Waals surface area contributed by atoms with Crippen LogP contribution in [-0.4, -0.2) is 10.7 Å². The van der Waals surface area contributed by atoms with Crippen molar-refractivity contribution in [1.82, 2.24) is 0 Å². The highest BCUT2D eigenvalue weighted by Gasteiger charge is 2.24. The van der Waals surface area contributed by atoms with E-state index in [2.05, 4.69) is 0 Å². The van der Waals surface area contributed by atoms with E-state index in [9.17, 15) is 14.9 Å². The molecule has 0 N–H and O–H groups in total. The van der Waals surface area contributed by atoms with Crippen LogP contribution in [-0.2, 0) is 6.42 Å². The van der Waals surface area contributed by atoms with E-state index in [1.807, 2.05) is 24.3 Å². The van der Waals surface area contributed by atoms with Crippen LogP contribution in [0.3, 0.4) is 0 Å². The molecular formula is C20H13NO4. The monoisotopic (exact) mass is 331 g/mol. The number of carbonyl (C=O) groups is 1. The zero-order chi connectivity index (χ0) is 17.4. The molecule has 1 aromatic heterocycles. The maximum Gasteiger partial charge on any atom is 0.280 e.